The van der Waals surface area contributed by atoms with Crippen molar-refractivity contribution in [3.63, 3.8) is 0 Å². The average molecular weight is 352 g/mol. The van der Waals surface area contributed by atoms with Crippen LogP contribution in [0, 0.1) is 6.92 Å². The van der Waals surface area contributed by atoms with Crippen molar-refractivity contribution < 1.29 is 8.42 Å². The number of benzene rings is 2. The van der Waals surface area contributed by atoms with Crippen LogP contribution >= 0.6 is 0 Å². The van der Waals surface area contributed by atoms with Gasteiger partial charge in [-0.25, -0.2) is 18.5 Å². The van der Waals surface area contributed by atoms with Crippen molar-refractivity contribution in [2.24, 2.45) is 5.14 Å². The van der Waals surface area contributed by atoms with Gasteiger partial charge < -0.3 is 4.57 Å². The summed E-state index contributed by atoms with van der Waals surface area (Å²) in [5, 5.41) is 6.20. The number of sulfonamides is 1. The molecule has 126 valence electrons. The Morgan fingerprint density at radius 2 is 1.80 bits per heavy atom. The van der Waals surface area contributed by atoms with E-state index in [1.807, 2.05) is 23.6 Å². The van der Waals surface area contributed by atoms with Gasteiger partial charge in [0.1, 0.15) is 5.52 Å². The highest BCUT2D eigenvalue weighted by molar-refractivity contribution is 7.89. The quantitative estimate of drug-likeness (QED) is 0.613. The van der Waals surface area contributed by atoms with Gasteiger partial charge in [-0.3, -0.25) is 4.98 Å². The van der Waals surface area contributed by atoms with Crippen LogP contribution in [-0.4, -0.2) is 23.0 Å². The Morgan fingerprint density at radius 1 is 1.04 bits per heavy atom. The van der Waals surface area contributed by atoms with Crippen molar-refractivity contribution in [2.75, 3.05) is 0 Å². The van der Waals surface area contributed by atoms with Gasteiger partial charge in [0, 0.05) is 11.9 Å². The summed E-state index contributed by atoms with van der Waals surface area (Å²) >= 11 is 0. The van der Waals surface area contributed by atoms with Crippen LogP contribution in [0.3, 0.4) is 0 Å². The number of hydrogen-bond donors (Lipinski definition) is 1. The number of pyridine rings is 1. The van der Waals surface area contributed by atoms with E-state index in [2.05, 4.69) is 16.0 Å². The lowest BCUT2D eigenvalue weighted by molar-refractivity contribution is 0.597. The molecule has 0 amide bonds. The first-order valence-corrected chi connectivity index (χ1v) is 9.28. The van der Waals surface area contributed by atoms with Crippen molar-refractivity contribution in [3.8, 4) is 0 Å². The molecule has 0 aliphatic rings. The predicted molar refractivity (Wildman–Crippen MR) is 96.7 cm³/mol. The molecule has 2 N–H and O–H groups in total. The second kappa shape index (κ2) is 5.65. The van der Waals surface area contributed by atoms with Gasteiger partial charge in [-0.2, -0.15) is 0 Å². The van der Waals surface area contributed by atoms with Crippen molar-refractivity contribution in [2.45, 2.75) is 18.4 Å². The van der Waals surface area contributed by atoms with Gasteiger partial charge >= 0.3 is 0 Å². The molecule has 2 heterocycles. The molecule has 4 rings (SSSR count). The average Bonchev–Trinajstić information content (AvgIpc) is 2.98. The molecule has 0 atom stereocenters. The van der Waals surface area contributed by atoms with Crippen molar-refractivity contribution in [1.82, 2.24) is 14.5 Å². The van der Waals surface area contributed by atoms with Gasteiger partial charge in [0.05, 0.1) is 28.5 Å². The Balaban J connectivity index is 1.80. The highest BCUT2D eigenvalue weighted by atomic mass is 32.2. The number of nitrogens with zero attached hydrogens (tertiary/aromatic N) is 3. The highest BCUT2D eigenvalue weighted by Crippen LogP contribution is 2.24. The summed E-state index contributed by atoms with van der Waals surface area (Å²) in [4.78, 5) is 9.00. The molecule has 0 saturated heterocycles. The molecule has 0 saturated carbocycles. The van der Waals surface area contributed by atoms with E-state index in [1.54, 1.807) is 24.7 Å². The fourth-order valence-electron chi connectivity index (χ4n) is 2.97. The first-order chi connectivity index (χ1) is 11.9. The molecule has 6 nitrogen and oxygen atoms in total. The standard InChI is InChI=1S/C18H16N4O2S/c1-12-2-7-16-15(8-12)18-17(9-20-16)21-11-22(18)10-13-3-5-14(6-4-13)25(19,23)24/h2-9,11H,10H2,1H3,(H2,19,23,24). The third kappa shape index (κ3) is 2.88. The second-order valence-electron chi connectivity index (χ2n) is 6.07. The molecular formula is C18H16N4O2S. The lowest BCUT2D eigenvalue weighted by Gasteiger charge is -2.08. The predicted octanol–water partition coefficient (Wildman–Crippen LogP) is 2.59. The van der Waals surface area contributed by atoms with Crippen LogP contribution in [0.25, 0.3) is 21.9 Å². The highest BCUT2D eigenvalue weighted by Gasteiger charge is 2.10. The van der Waals surface area contributed by atoms with Gasteiger partial charge in [-0.1, -0.05) is 23.8 Å². The third-order valence-electron chi connectivity index (χ3n) is 4.20. The Morgan fingerprint density at radius 3 is 2.52 bits per heavy atom. The lowest BCUT2D eigenvalue weighted by atomic mass is 10.1. The van der Waals surface area contributed by atoms with Crippen molar-refractivity contribution >= 4 is 32.0 Å². The zero-order valence-corrected chi connectivity index (χ0v) is 14.4. The number of imidazole rings is 1. The molecule has 0 unspecified atom stereocenters. The Kier molecular flexibility index (Phi) is 3.55. The van der Waals surface area contributed by atoms with Gasteiger partial charge in [-0.05, 0) is 36.8 Å². The molecule has 25 heavy (non-hydrogen) atoms. The van der Waals surface area contributed by atoms with E-state index in [0.717, 1.165) is 33.1 Å². The Hall–Kier alpha value is -2.77. The van der Waals surface area contributed by atoms with E-state index in [1.165, 1.54) is 12.1 Å². The van der Waals surface area contributed by atoms with E-state index >= 15 is 0 Å². The van der Waals surface area contributed by atoms with Crippen LogP contribution in [0.4, 0.5) is 0 Å². The number of rotatable bonds is 3. The number of nitrogens with two attached hydrogens (primary N) is 1. The monoisotopic (exact) mass is 352 g/mol. The Bertz CT molecular complexity index is 1200. The van der Waals surface area contributed by atoms with Crippen LogP contribution in [-0.2, 0) is 16.6 Å². The number of aryl methyl sites for hydroxylation is 1. The number of fused-ring (bicyclic) bond motifs is 3. The molecule has 0 radical (unpaired) electrons. The largest absolute Gasteiger partial charge is 0.325 e. The van der Waals surface area contributed by atoms with E-state index in [9.17, 15) is 8.42 Å². The first-order valence-electron chi connectivity index (χ1n) is 7.74. The maximum Gasteiger partial charge on any atom is 0.238 e. The van der Waals surface area contributed by atoms with Crippen LogP contribution in [0.2, 0.25) is 0 Å². The van der Waals surface area contributed by atoms with Crippen molar-refractivity contribution in [1.29, 1.82) is 0 Å². The summed E-state index contributed by atoms with van der Waals surface area (Å²) in [7, 11) is -3.68. The number of aromatic nitrogens is 3. The summed E-state index contributed by atoms with van der Waals surface area (Å²) in [5.41, 5.74) is 4.89. The van der Waals surface area contributed by atoms with E-state index in [-0.39, 0.29) is 4.90 Å². The minimum atomic E-state index is -3.68. The van der Waals surface area contributed by atoms with E-state index < -0.39 is 10.0 Å². The molecule has 0 bridgehead atoms. The third-order valence-corrected chi connectivity index (χ3v) is 5.13. The van der Waals surface area contributed by atoms with Crippen LogP contribution in [0.5, 0.6) is 0 Å². The lowest BCUT2D eigenvalue weighted by Crippen LogP contribution is -2.12. The topological polar surface area (TPSA) is 90.9 Å². The normalized spacial score (nSPS) is 12.1. The smallest absolute Gasteiger partial charge is 0.238 e. The van der Waals surface area contributed by atoms with Gasteiger partial charge in [0.25, 0.3) is 0 Å². The minimum Gasteiger partial charge on any atom is -0.325 e. The molecule has 7 heteroatoms. The van der Waals surface area contributed by atoms with Crippen molar-refractivity contribution in [3.05, 3.63) is 66.1 Å². The Labute approximate surface area is 145 Å². The summed E-state index contributed by atoms with van der Waals surface area (Å²) in [6, 6.07) is 12.7. The van der Waals surface area contributed by atoms with Gasteiger partial charge in [0.2, 0.25) is 10.0 Å². The van der Waals surface area contributed by atoms with E-state index in [0.29, 0.717) is 6.54 Å². The summed E-state index contributed by atoms with van der Waals surface area (Å²) in [5.74, 6) is 0. The second-order valence-corrected chi connectivity index (χ2v) is 7.64. The summed E-state index contributed by atoms with van der Waals surface area (Å²) in [6.45, 7) is 2.62. The van der Waals surface area contributed by atoms with Gasteiger partial charge in [0.15, 0.2) is 0 Å². The maximum absolute atomic E-state index is 11.4. The number of primary sulfonamides is 1. The minimum absolute atomic E-state index is 0.108. The fraction of sp³-hybridized carbons (Fsp3) is 0.111. The number of hydrogen-bond acceptors (Lipinski definition) is 4. The molecular weight excluding hydrogens is 336 g/mol. The molecule has 4 aromatic rings. The van der Waals surface area contributed by atoms with Gasteiger partial charge in [-0.15, -0.1) is 0 Å². The summed E-state index contributed by atoms with van der Waals surface area (Å²) in [6.07, 6.45) is 3.55. The molecule has 2 aromatic heterocycles. The molecule has 2 aromatic carbocycles. The molecule has 0 aliphatic carbocycles. The molecule has 0 fully saturated rings. The molecule has 0 aliphatic heterocycles. The first kappa shape index (κ1) is 15.7. The zero-order valence-electron chi connectivity index (χ0n) is 13.5. The van der Waals surface area contributed by atoms with E-state index in [4.69, 9.17) is 5.14 Å². The zero-order chi connectivity index (χ0) is 17.6. The maximum atomic E-state index is 11.4. The van der Waals surface area contributed by atoms with Crippen LogP contribution < -0.4 is 5.14 Å². The van der Waals surface area contributed by atoms with Crippen LogP contribution in [0.1, 0.15) is 11.1 Å². The van der Waals surface area contributed by atoms with Crippen LogP contribution in [0.15, 0.2) is 59.9 Å². The SMILES string of the molecule is Cc1ccc2ncc3ncn(Cc4ccc(S(N)(=O)=O)cc4)c3c2c1. The fourth-order valence-corrected chi connectivity index (χ4v) is 3.48. The molecule has 0 spiro atoms. The summed E-state index contributed by atoms with van der Waals surface area (Å²) < 4.78 is 24.8.